The highest BCUT2D eigenvalue weighted by Crippen LogP contribution is 2.32. The Balaban J connectivity index is 1.73. The van der Waals surface area contributed by atoms with Gasteiger partial charge in [-0.15, -0.1) is 0 Å². The van der Waals surface area contributed by atoms with Gasteiger partial charge < -0.3 is 14.8 Å². The fourth-order valence-corrected chi connectivity index (χ4v) is 3.81. The van der Waals surface area contributed by atoms with E-state index < -0.39 is 5.25 Å². The molecule has 2 amide bonds. The highest BCUT2D eigenvalue weighted by atomic mass is 32.2. The first-order chi connectivity index (χ1) is 13.6. The summed E-state index contributed by atoms with van der Waals surface area (Å²) in [6.45, 7) is 0. The van der Waals surface area contributed by atoms with Gasteiger partial charge >= 0.3 is 0 Å². The van der Waals surface area contributed by atoms with E-state index in [4.69, 9.17) is 9.47 Å². The Kier molecular flexibility index (Phi) is 6.20. The number of amidine groups is 1. The average Bonchev–Trinajstić information content (AvgIpc) is 3.00. The van der Waals surface area contributed by atoms with E-state index in [-0.39, 0.29) is 18.2 Å². The molecule has 0 spiro atoms. The lowest BCUT2D eigenvalue weighted by Crippen LogP contribution is -2.31. The molecule has 0 radical (unpaired) electrons. The fourth-order valence-electron chi connectivity index (χ4n) is 2.83. The molecule has 1 fully saturated rings. The first-order valence-electron chi connectivity index (χ1n) is 8.61. The number of anilines is 2. The minimum atomic E-state index is -0.546. The number of hydrogen-bond acceptors (Lipinski definition) is 6. The van der Waals surface area contributed by atoms with E-state index in [1.54, 1.807) is 45.5 Å². The largest absolute Gasteiger partial charge is 0.497 e. The predicted octanol–water partition coefficient (Wildman–Crippen LogP) is 3.17. The van der Waals surface area contributed by atoms with Gasteiger partial charge in [0, 0.05) is 13.5 Å². The quantitative estimate of drug-likeness (QED) is 0.473. The number of imide groups is 1. The second kappa shape index (κ2) is 8.79. The summed E-state index contributed by atoms with van der Waals surface area (Å²) in [5, 5.41) is 3.16. The van der Waals surface area contributed by atoms with Crippen LogP contribution in [0.2, 0.25) is 0 Å². The van der Waals surface area contributed by atoms with Crippen LogP contribution in [0.1, 0.15) is 6.42 Å². The Labute approximate surface area is 167 Å². The van der Waals surface area contributed by atoms with Crippen LogP contribution in [-0.4, -0.2) is 43.5 Å². The topological polar surface area (TPSA) is 80.2 Å². The molecule has 1 atom stereocenters. The number of carbonyl (C=O) groups is 2. The van der Waals surface area contributed by atoms with Crippen LogP contribution in [0, 0.1) is 0 Å². The van der Waals surface area contributed by atoms with Crippen LogP contribution >= 0.6 is 11.8 Å². The maximum absolute atomic E-state index is 12.8. The van der Waals surface area contributed by atoms with Crippen LogP contribution in [0.3, 0.4) is 0 Å². The van der Waals surface area contributed by atoms with E-state index in [9.17, 15) is 9.59 Å². The molecule has 1 aliphatic heterocycles. The molecule has 1 unspecified atom stereocenters. The molecule has 1 heterocycles. The third kappa shape index (κ3) is 4.12. The van der Waals surface area contributed by atoms with Crippen LogP contribution in [0.15, 0.2) is 53.5 Å². The Morgan fingerprint density at radius 1 is 1.11 bits per heavy atom. The van der Waals surface area contributed by atoms with Gasteiger partial charge in [-0.3, -0.25) is 14.6 Å². The summed E-state index contributed by atoms with van der Waals surface area (Å²) in [5.41, 5.74) is 1.27. The second-order valence-electron chi connectivity index (χ2n) is 5.93. The summed E-state index contributed by atoms with van der Waals surface area (Å²) in [7, 11) is 4.78. The molecule has 7 nitrogen and oxygen atoms in total. The Morgan fingerprint density at radius 2 is 1.82 bits per heavy atom. The van der Waals surface area contributed by atoms with Crippen molar-refractivity contribution in [3.05, 3.63) is 48.5 Å². The number of hydrogen-bond donors (Lipinski definition) is 1. The number of benzene rings is 2. The molecule has 2 aromatic carbocycles. The molecule has 1 saturated heterocycles. The normalized spacial score (nSPS) is 17.0. The minimum absolute atomic E-state index is 0.113. The number of thioether (sulfide) groups is 1. The number of methoxy groups -OCH3 is 2. The molecule has 28 heavy (non-hydrogen) atoms. The van der Waals surface area contributed by atoms with Crippen LogP contribution in [-0.2, 0) is 9.59 Å². The van der Waals surface area contributed by atoms with E-state index in [2.05, 4.69) is 10.3 Å². The SMILES string of the molecule is CN=C(Nc1ccccc1OC)SC1CC(=O)N(c2ccc(OC)cc2)C1=O. The lowest BCUT2D eigenvalue weighted by atomic mass is 10.3. The lowest BCUT2D eigenvalue weighted by molar-refractivity contribution is -0.121. The van der Waals surface area contributed by atoms with Crippen molar-refractivity contribution < 1.29 is 19.1 Å². The number of rotatable bonds is 5. The van der Waals surface area contributed by atoms with Crippen LogP contribution in [0.4, 0.5) is 11.4 Å². The molecule has 3 rings (SSSR count). The van der Waals surface area contributed by atoms with Gasteiger partial charge in [0.1, 0.15) is 16.7 Å². The molecular weight excluding hydrogens is 378 g/mol. The molecule has 0 saturated carbocycles. The van der Waals surface area contributed by atoms with E-state index >= 15 is 0 Å². The standard InChI is InChI=1S/C20H21N3O4S/c1-21-20(22-15-6-4-5-7-16(15)27-3)28-17-12-18(24)23(19(17)25)13-8-10-14(26-2)11-9-13/h4-11,17H,12H2,1-3H3,(H,21,22). The Hall–Kier alpha value is -3.00. The molecule has 1 N–H and O–H groups in total. The Morgan fingerprint density at radius 3 is 2.46 bits per heavy atom. The highest BCUT2D eigenvalue weighted by molar-refractivity contribution is 8.15. The van der Waals surface area contributed by atoms with Crippen molar-refractivity contribution in [2.75, 3.05) is 31.5 Å². The van der Waals surface area contributed by atoms with Gasteiger partial charge in [-0.25, -0.2) is 4.90 Å². The first-order valence-corrected chi connectivity index (χ1v) is 9.49. The van der Waals surface area contributed by atoms with Crippen molar-refractivity contribution in [1.82, 2.24) is 0 Å². The maximum Gasteiger partial charge on any atom is 0.247 e. The number of nitrogens with zero attached hydrogens (tertiary/aromatic N) is 2. The van der Waals surface area contributed by atoms with Gasteiger partial charge in [0.15, 0.2) is 5.17 Å². The van der Waals surface area contributed by atoms with Crippen LogP contribution < -0.4 is 19.7 Å². The van der Waals surface area contributed by atoms with Gasteiger partial charge in [-0.05, 0) is 36.4 Å². The number of ether oxygens (including phenoxy) is 2. The van der Waals surface area contributed by atoms with Gasteiger partial charge in [0.2, 0.25) is 11.8 Å². The van der Waals surface area contributed by atoms with Crippen LogP contribution in [0.5, 0.6) is 11.5 Å². The average molecular weight is 399 g/mol. The van der Waals surface area contributed by atoms with Gasteiger partial charge in [-0.2, -0.15) is 0 Å². The number of nitrogens with one attached hydrogen (secondary N) is 1. The zero-order valence-electron chi connectivity index (χ0n) is 15.8. The maximum atomic E-state index is 12.8. The van der Waals surface area contributed by atoms with Crippen molar-refractivity contribution >= 4 is 40.1 Å². The molecule has 2 aromatic rings. The lowest BCUT2D eigenvalue weighted by Gasteiger charge is -2.16. The molecule has 146 valence electrons. The van der Waals surface area contributed by atoms with Crippen molar-refractivity contribution in [3.63, 3.8) is 0 Å². The van der Waals surface area contributed by atoms with E-state index in [1.807, 2.05) is 24.3 Å². The van der Waals surface area contributed by atoms with Crippen LogP contribution in [0.25, 0.3) is 0 Å². The number of amides is 2. The van der Waals surface area contributed by atoms with E-state index in [0.29, 0.717) is 22.4 Å². The summed E-state index contributed by atoms with van der Waals surface area (Å²) >= 11 is 1.23. The minimum Gasteiger partial charge on any atom is -0.497 e. The zero-order chi connectivity index (χ0) is 20.1. The first kappa shape index (κ1) is 19.8. The molecular formula is C20H21N3O4S. The van der Waals surface area contributed by atoms with Crippen molar-refractivity contribution in [2.24, 2.45) is 4.99 Å². The van der Waals surface area contributed by atoms with Crippen molar-refractivity contribution in [2.45, 2.75) is 11.7 Å². The molecule has 8 heteroatoms. The smallest absolute Gasteiger partial charge is 0.247 e. The fraction of sp³-hybridized carbons (Fsp3) is 0.250. The van der Waals surface area contributed by atoms with Gasteiger partial charge in [0.05, 0.1) is 25.6 Å². The molecule has 0 bridgehead atoms. The second-order valence-corrected chi connectivity index (χ2v) is 7.12. The van der Waals surface area contributed by atoms with Gasteiger partial charge in [0.25, 0.3) is 0 Å². The number of aliphatic imine (C=N–C) groups is 1. The summed E-state index contributed by atoms with van der Waals surface area (Å²) in [6.07, 6.45) is 0.113. The zero-order valence-corrected chi connectivity index (χ0v) is 16.7. The van der Waals surface area contributed by atoms with E-state index in [0.717, 1.165) is 5.69 Å². The van der Waals surface area contributed by atoms with Crippen molar-refractivity contribution in [1.29, 1.82) is 0 Å². The molecule has 1 aliphatic rings. The highest BCUT2D eigenvalue weighted by Gasteiger charge is 2.40. The number of carbonyl (C=O) groups excluding carboxylic acids is 2. The summed E-state index contributed by atoms with van der Waals surface area (Å²) in [6, 6.07) is 14.3. The summed E-state index contributed by atoms with van der Waals surface area (Å²) in [4.78, 5) is 30.7. The predicted molar refractivity (Wildman–Crippen MR) is 111 cm³/mol. The third-order valence-corrected chi connectivity index (χ3v) is 5.40. The van der Waals surface area contributed by atoms with Crippen molar-refractivity contribution in [3.8, 4) is 11.5 Å². The monoisotopic (exact) mass is 399 g/mol. The summed E-state index contributed by atoms with van der Waals surface area (Å²) < 4.78 is 10.4. The molecule has 0 aliphatic carbocycles. The number of para-hydroxylation sites is 2. The van der Waals surface area contributed by atoms with E-state index in [1.165, 1.54) is 16.7 Å². The van der Waals surface area contributed by atoms with Gasteiger partial charge in [-0.1, -0.05) is 23.9 Å². The molecule has 0 aromatic heterocycles. The third-order valence-electron chi connectivity index (χ3n) is 4.24. The Bertz CT molecular complexity index is 899. The summed E-state index contributed by atoms with van der Waals surface area (Å²) in [5.74, 6) is 0.830.